The van der Waals surface area contributed by atoms with Crippen molar-refractivity contribution in [3.8, 4) is 0 Å². The topological polar surface area (TPSA) is 78.9 Å². The normalized spacial score (nSPS) is 13.3. The fourth-order valence-corrected chi connectivity index (χ4v) is 6.92. The Kier molecular flexibility index (Phi) is 51.1. The van der Waals surface area contributed by atoms with E-state index in [1.165, 1.54) is 83.5 Å². The average molecular weight is 937 g/mol. The second-order valence-electron chi connectivity index (χ2n) is 17.3. The third-order valence-electron chi connectivity index (χ3n) is 10.9. The first-order valence-corrected chi connectivity index (χ1v) is 27.0. The van der Waals surface area contributed by atoms with E-state index in [2.05, 4.69) is 45.1 Å². The highest BCUT2D eigenvalue weighted by Gasteiger charge is 2.19. The molecular formula is C62H96O6. The van der Waals surface area contributed by atoms with Crippen LogP contribution in [-0.4, -0.2) is 37.2 Å². The minimum atomic E-state index is -0.825. The van der Waals surface area contributed by atoms with Crippen molar-refractivity contribution in [3.63, 3.8) is 0 Å². The summed E-state index contributed by atoms with van der Waals surface area (Å²) in [5.41, 5.74) is 0. The molecule has 0 fully saturated rings. The van der Waals surface area contributed by atoms with Crippen molar-refractivity contribution in [2.24, 2.45) is 0 Å². The zero-order valence-corrected chi connectivity index (χ0v) is 43.3. The fraction of sp³-hybridized carbons (Fsp3) is 0.565. The minimum absolute atomic E-state index is 0.115. The molecule has 0 aromatic rings. The van der Waals surface area contributed by atoms with Gasteiger partial charge in [0.15, 0.2) is 6.10 Å². The standard InChI is InChI=1S/C62H96O6/c1-4-7-10-13-16-19-22-25-28-31-34-37-40-43-46-49-52-55-61(64)67-58-59(57-66-60(63)54-51-48-45-42-39-36-33-30-27-24-21-18-15-12-9-6-3)68-62(65)56-53-50-47-44-41-38-35-32-29-26-23-20-17-14-11-8-5-2/h7-8,10-11,13-14,16-17,19-20,22-23,25-26,28-29,31-32,34-35,37-38,40-41,59H,4-6,9,12,15,18,21,24,27,30,33,36,39,42-58H2,1-3H3/b10-7-,11-8-,16-13-,17-14-,22-19-,23-20-,28-25-,29-26-,34-31+,35-32+,40-37-,41-38-. The van der Waals surface area contributed by atoms with Gasteiger partial charge in [0.2, 0.25) is 0 Å². The molecule has 0 aromatic heterocycles. The van der Waals surface area contributed by atoms with Crippen LogP contribution in [0.4, 0.5) is 0 Å². The Morgan fingerprint density at radius 1 is 0.309 bits per heavy atom. The Morgan fingerprint density at radius 2 is 0.574 bits per heavy atom. The molecule has 68 heavy (non-hydrogen) atoms. The maximum atomic E-state index is 12.8. The Labute approximate surface area is 417 Å². The summed E-state index contributed by atoms with van der Waals surface area (Å²) in [7, 11) is 0. The zero-order chi connectivity index (χ0) is 49.3. The monoisotopic (exact) mass is 937 g/mol. The van der Waals surface area contributed by atoms with Crippen LogP contribution in [0.2, 0.25) is 0 Å². The van der Waals surface area contributed by atoms with E-state index in [4.69, 9.17) is 14.2 Å². The minimum Gasteiger partial charge on any atom is -0.462 e. The smallest absolute Gasteiger partial charge is 0.306 e. The van der Waals surface area contributed by atoms with E-state index in [0.29, 0.717) is 19.3 Å². The molecule has 0 spiro atoms. The van der Waals surface area contributed by atoms with Gasteiger partial charge in [-0.15, -0.1) is 0 Å². The summed E-state index contributed by atoms with van der Waals surface area (Å²) in [6, 6.07) is 0. The first kappa shape index (κ1) is 63.3. The molecule has 380 valence electrons. The summed E-state index contributed by atoms with van der Waals surface area (Å²) < 4.78 is 16.8. The van der Waals surface area contributed by atoms with Gasteiger partial charge in [-0.25, -0.2) is 0 Å². The highest BCUT2D eigenvalue weighted by Crippen LogP contribution is 2.15. The van der Waals surface area contributed by atoms with Gasteiger partial charge >= 0.3 is 17.9 Å². The maximum absolute atomic E-state index is 12.8. The molecule has 0 amide bonds. The average Bonchev–Trinajstić information content (AvgIpc) is 3.34. The van der Waals surface area contributed by atoms with Crippen molar-refractivity contribution < 1.29 is 28.6 Å². The van der Waals surface area contributed by atoms with Crippen molar-refractivity contribution in [2.45, 2.75) is 213 Å². The summed E-state index contributed by atoms with van der Waals surface area (Å²) in [6.45, 7) is 6.26. The van der Waals surface area contributed by atoms with E-state index >= 15 is 0 Å². The lowest BCUT2D eigenvalue weighted by Gasteiger charge is -2.18. The zero-order valence-electron chi connectivity index (χ0n) is 43.3. The van der Waals surface area contributed by atoms with E-state index in [1.54, 1.807) is 0 Å². The van der Waals surface area contributed by atoms with Crippen molar-refractivity contribution in [2.75, 3.05) is 13.2 Å². The number of allylic oxidation sites excluding steroid dienone is 24. The number of hydrogen-bond acceptors (Lipinski definition) is 6. The molecule has 1 atom stereocenters. The number of ether oxygens (including phenoxy) is 3. The van der Waals surface area contributed by atoms with Gasteiger partial charge in [0.1, 0.15) is 13.2 Å². The lowest BCUT2D eigenvalue weighted by molar-refractivity contribution is -0.167. The summed E-state index contributed by atoms with van der Waals surface area (Å²) in [4.78, 5) is 38.1. The van der Waals surface area contributed by atoms with Crippen LogP contribution in [0.3, 0.4) is 0 Å². The molecular weight excluding hydrogens is 841 g/mol. The molecule has 6 heteroatoms. The van der Waals surface area contributed by atoms with Gasteiger partial charge in [-0.2, -0.15) is 0 Å². The molecule has 0 N–H and O–H groups in total. The van der Waals surface area contributed by atoms with Gasteiger partial charge in [-0.05, 0) is 57.8 Å². The summed E-state index contributed by atoms with van der Waals surface area (Å²) in [6.07, 6.45) is 78.2. The lowest BCUT2D eigenvalue weighted by atomic mass is 10.0. The van der Waals surface area contributed by atoms with Gasteiger partial charge in [-0.1, -0.05) is 276 Å². The molecule has 0 bridgehead atoms. The van der Waals surface area contributed by atoms with Crippen LogP contribution >= 0.6 is 0 Å². The molecule has 0 aliphatic heterocycles. The third-order valence-corrected chi connectivity index (χ3v) is 10.9. The van der Waals surface area contributed by atoms with Gasteiger partial charge in [0, 0.05) is 19.3 Å². The van der Waals surface area contributed by atoms with E-state index < -0.39 is 6.10 Å². The van der Waals surface area contributed by atoms with Crippen LogP contribution in [0, 0.1) is 0 Å². The lowest BCUT2D eigenvalue weighted by Crippen LogP contribution is -2.30. The second-order valence-corrected chi connectivity index (χ2v) is 17.3. The highest BCUT2D eigenvalue weighted by molar-refractivity contribution is 5.71. The molecule has 0 aliphatic rings. The Morgan fingerprint density at radius 3 is 0.897 bits per heavy atom. The number of esters is 3. The number of carbonyl (C=O) groups excluding carboxylic acids is 3. The number of carbonyl (C=O) groups is 3. The first-order chi connectivity index (χ1) is 33.5. The Balaban J connectivity index is 4.59. The summed E-state index contributed by atoms with van der Waals surface area (Å²) in [5, 5.41) is 0. The molecule has 0 radical (unpaired) electrons. The fourth-order valence-electron chi connectivity index (χ4n) is 6.92. The predicted octanol–water partition coefficient (Wildman–Crippen LogP) is 18.0. The summed E-state index contributed by atoms with van der Waals surface area (Å²) in [5.74, 6) is -1.01. The summed E-state index contributed by atoms with van der Waals surface area (Å²) >= 11 is 0. The van der Waals surface area contributed by atoms with Gasteiger partial charge < -0.3 is 14.2 Å². The molecule has 0 heterocycles. The van der Waals surface area contributed by atoms with Crippen LogP contribution in [0.25, 0.3) is 0 Å². The third kappa shape index (κ3) is 52.3. The first-order valence-electron chi connectivity index (χ1n) is 27.0. The molecule has 0 saturated carbocycles. The highest BCUT2D eigenvalue weighted by atomic mass is 16.6. The Hall–Kier alpha value is -4.71. The van der Waals surface area contributed by atoms with Crippen molar-refractivity contribution in [1.82, 2.24) is 0 Å². The van der Waals surface area contributed by atoms with Crippen LogP contribution in [0.5, 0.6) is 0 Å². The molecule has 0 saturated heterocycles. The molecule has 0 aromatic carbocycles. The van der Waals surface area contributed by atoms with Crippen molar-refractivity contribution in [1.29, 1.82) is 0 Å². The number of rotatable bonds is 46. The molecule has 1 unspecified atom stereocenters. The second kappa shape index (κ2) is 54.9. The van der Waals surface area contributed by atoms with E-state index in [-0.39, 0.29) is 37.5 Å². The van der Waals surface area contributed by atoms with Gasteiger partial charge in [-0.3, -0.25) is 14.4 Å². The quantitative estimate of drug-likeness (QED) is 0.0262. The SMILES string of the molecule is CC\C=C/C=C\C=C/C=C\C=C\C=C/CCCCCC(=O)OCC(COC(=O)CCCCCCCCCCCCCCCCCC)OC(=O)CCCCC\C=C/C=C/C=C\C=C/C=C\C=C/CC. The number of unbranched alkanes of at least 4 members (excludes halogenated alkanes) is 21. The van der Waals surface area contributed by atoms with Crippen LogP contribution < -0.4 is 0 Å². The number of hydrogen-bond donors (Lipinski definition) is 0. The predicted molar refractivity (Wildman–Crippen MR) is 292 cm³/mol. The molecule has 0 aliphatic carbocycles. The molecule has 0 rings (SSSR count). The van der Waals surface area contributed by atoms with Crippen LogP contribution in [0.15, 0.2) is 146 Å². The van der Waals surface area contributed by atoms with Crippen molar-refractivity contribution >= 4 is 17.9 Å². The van der Waals surface area contributed by atoms with E-state index in [1.807, 2.05) is 122 Å². The van der Waals surface area contributed by atoms with Crippen LogP contribution in [-0.2, 0) is 28.6 Å². The molecule has 6 nitrogen and oxygen atoms in total. The van der Waals surface area contributed by atoms with Gasteiger partial charge in [0.05, 0.1) is 0 Å². The van der Waals surface area contributed by atoms with Crippen molar-refractivity contribution in [3.05, 3.63) is 146 Å². The Bertz CT molecular complexity index is 1540. The largest absolute Gasteiger partial charge is 0.462 e. The van der Waals surface area contributed by atoms with Crippen LogP contribution in [0.1, 0.15) is 207 Å². The maximum Gasteiger partial charge on any atom is 0.306 e. The van der Waals surface area contributed by atoms with Gasteiger partial charge in [0.25, 0.3) is 0 Å². The van der Waals surface area contributed by atoms with E-state index in [0.717, 1.165) is 77.0 Å². The van der Waals surface area contributed by atoms with E-state index in [9.17, 15) is 14.4 Å².